The zero-order chi connectivity index (χ0) is 14.0. The number of hydrogen-bond donors (Lipinski definition) is 0. The number of aryl methyl sites for hydroxylation is 1. The van der Waals surface area contributed by atoms with Crippen molar-refractivity contribution in [2.75, 3.05) is 14.2 Å². The van der Waals surface area contributed by atoms with Crippen molar-refractivity contribution in [3.8, 4) is 11.5 Å². The first-order valence-electron chi connectivity index (χ1n) is 5.58. The molecule has 19 heavy (non-hydrogen) atoms. The van der Waals surface area contributed by atoms with Crippen molar-refractivity contribution in [2.24, 2.45) is 0 Å². The highest BCUT2D eigenvalue weighted by Crippen LogP contribution is 2.34. The summed E-state index contributed by atoms with van der Waals surface area (Å²) in [4.78, 5) is 12.5. The van der Waals surface area contributed by atoms with Crippen molar-refractivity contribution in [1.29, 1.82) is 0 Å². The zero-order valence-corrected chi connectivity index (χ0v) is 12.4. The monoisotopic (exact) mass is 324 g/mol. The minimum absolute atomic E-state index is 0.158. The Kier molecular flexibility index (Phi) is 3.95. The predicted molar refractivity (Wildman–Crippen MR) is 74.1 cm³/mol. The Morgan fingerprint density at radius 1 is 1.16 bits per heavy atom. The summed E-state index contributed by atoms with van der Waals surface area (Å²) in [6.07, 6.45) is 1.49. The third-order valence-corrected chi connectivity index (χ3v) is 3.44. The number of rotatable bonds is 4. The van der Waals surface area contributed by atoms with Crippen molar-refractivity contribution >= 4 is 21.7 Å². The topological polar surface area (TPSA) is 48.7 Å². The molecule has 100 valence electrons. The first-order valence-corrected chi connectivity index (χ1v) is 6.38. The van der Waals surface area contributed by atoms with Gasteiger partial charge in [0.05, 0.1) is 36.1 Å². The minimum Gasteiger partial charge on any atom is -0.496 e. The van der Waals surface area contributed by atoms with E-state index in [1.165, 1.54) is 13.4 Å². The van der Waals surface area contributed by atoms with E-state index in [1.54, 1.807) is 32.2 Å². The molecule has 0 amide bonds. The molecule has 0 spiro atoms. The van der Waals surface area contributed by atoms with E-state index in [1.807, 2.05) is 0 Å². The molecule has 0 atom stereocenters. The maximum Gasteiger partial charge on any atom is 0.200 e. The van der Waals surface area contributed by atoms with E-state index < -0.39 is 0 Å². The molecule has 0 saturated carbocycles. The molecule has 0 saturated heterocycles. The van der Waals surface area contributed by atoms with Crippen LogP contribution in [0.2, 0.25) is 0 Å². The van der Waals surface area contributed by atoms with Crippen LogP contribution in [0.15, 0.2) is 33.4 Å². The van der Waals surface area contributed by atoms with Crippen LogP contribution in [0, 0.1) is 6.92 Å². The van der Waals surface area contributed by atoms with Crippen LogP contribution in [0.3, 0.4) is 0 Å². The lowest BCUT2D eigenvalue weighted by Gasteiger charge is -2.11. The van der Waals surface area contributed by atoms with Gasteiger partial charge in [-0.1, -0.05) is 0 Å². The minimum atomic E-state index is -0.158. The number of methoxy groups -OCH3 is 2. The van der Waals surface area contributed by atoms with Gasteiger partial charge in [-0.2, -0.15) is 0 Å². The van der Waals surface area contributed by atoms with Gasteiger partial charge >= 0.3 is 0 Å². The van der Waals surface area contributed by atoms with Gasteiger partial charge in [-0.15, -0.1) is 0 Å². The molecule has 0 bridgehead atoms. The number of carbonyl (C=O) groups excluding carboxylic acids is 1. The molecule has 0 radical (unpaired) electrons. The molecule has 1 aromatic carbocycles. The normalized spacial score (nSPS) is 10.3. The third-order valence-electron chi connectivity index (χ3n) is 2.82. The molecule has 0 N–H and O–H groups in total. The highest BCUT2D eigenvalue weighted by atomic mass is 79.9. The SMILES string of the molecule is COc1cc(C(=O)c2ccoc2C)c(OC)cc1Br. The molecule has 0 aliphatic heterocycles. The summed E-state index contributed by atoms with van der Waals surface area (Å²) < 4.78 is 16.3. The number of ether oxygens (including phenoxy) is 2. The molecular weight excluding hydrogens is 312 g/mol. The number of halogens is 1. The maximum atomic E-state index is 12.5. The summed E-state index contributed by atoms with van der Waals surface area (Å²) in [5, 5.41) is 0. The largest absolute Gasteiger partial charge is 0.496 e. The van der Waals surface area contributed by atoms with Gasteiger partial charge in [-0.05, 0) is 41.1 Å². The van der Waals surface area contributed by atoms with Crippen LogP contribution >= 0.6 is 15.9 Å². The number of ketones is 1. The molecule has 0 aliphatic rings. The Balaban J connectivity index is 2.55. The Morgan fingerprint density at radius 3 is 2.37 bits per heavy atom. The third kappa shape index (κ3) is 2.51. The molecule has 1 aromatic heterocycles. The molecule has 5 heteroatoms. The standard InChI is InChI=1S/C14H13BrO4/c1-8-9(4-5-19-8)14(16)10-6-13(18-3)11(15)7-12(10)17-2/h4-7H,1-3H3. The Morgan fingerprint density at radius 2 is 1.84 bits per heavy atom. The molecule has 2 rings (SSSR count). The van der Waals surface area contributed by atoms with Crippen LogP contribution < -0.4 is 9.47 Å². The summed E-state index contributed by atoms with van der Waals surface area (Å²) in [7, 11) is 3.07. The van der Waals surface area contributed by atoms with E-state index >= 15 is 0 Å². The first kappa shape index (κ1) is 13.7. The number of benzene rings is 1. The molecule has 1 heterocycles. The van der Waals surface area contributed by atoms with Gasteiger partial charge in [-0.25, -0.2) is 0 Å². The van der Waals surface area contributed by atoms with Gasteiger partial charge in [-0.3, -0.25) is 4.79 Å². The average molecular weight is 325 g/mol. The quantitative estimate of drug-likeness (QED) is 0.806. The number of furan rings is 1. The molecule has 0 fully saturated rings. The van der Waals surface area contributed by atoms with Crippen molar-refractivity contribution in [3.63, 3.8) is 0 Å². The molecule has 0 unspecified atom stereocenters. The Hall–Kier alpha value is -1.75. The van der Waals surface area contributed by atoms with E-state index in [2.05, 4.69) is 15.9 Å². The first-order chi connectivity index (χ1) is 9.08. The lowest BCUT2D eigenvalue weighted by Crippen LogP contribution is -2.05. The smallest absolute Gasteiger partial charge is 0.200 e. The fourth-order valence-electron chi connectivity index (χ4n) is 1.80. The van der Waals surface area contributed by atoms with Crippen LogP contribution in [-0.2, 0) is 0 Å². The van der Waals surface area contributed by atoms with Crippen molar-refractivity contribution < 1.29 is 18.7 Å². The lowest BCUT2D eigenvalue weighted by molar-refractivity contribution is 0.103. The fraction of sp³-hybridized carbons (Fsp3) is 0.214. The average Bonchev–Trinajstić information content (AvgIpc) is 2.83. The van der Waals surface area contributed by atoms with E-state index in [4.69, 9.17) is 13.9 Å². The molecular formula is C14H13BrO4. The second kappa shape index (κ2) is 5.48. The van der Waals surface area contributed by atoms with E-state index in [-0.39, 0.29) is 5.78 Å². The van der Waals surface area contributed by atoms with Gasteiger partial charge in [0.25, 0.3) is 0 Å². The van der Waals surface area contributed by atoms with E-state index in [0.29, 0.717) is 28.4 Å². The van der Waals surface area contributed by atoms with Gasteiger partial charge in [0.2, 0.25) is 0 Å². The lowest BCUT2D eigenvalue weighted by atomic mass is 10.0. The molecule has 4 nitrogen and oxygen atoms in total. The second-order valence-corrected chi connectivity index (χ2v) is 4.76. The molecule has 0 aliphatic carbocycles. The second-order valence-electron chi connectivity index (χ2n) is 3.91. The van der Waals surface area contributed by atoms with Gasteiger partial charge < -0.3 is 13.9 Å². The van der Waals surface area contributed by atoms with Gasteiger partial charge in [0.1, 0.15) is 17.3 Å². The zero-order valence-electron chi connectivity index (χ0n) is 10.8. The van der Waals surface area contributed by atoms with Crippen LogP contribution in [0.4, 0.5) is 0 Å². The summed E-state index contributed by atoms with van der Waals surface area (Å²) >= 11 is 3.36. The van der Waals surface area contributed by atoms with Crippen LogP contribution in [0.5, 0.6) is 11.5 Å². The predicted octanol–water partition coefficient (Wildman–Crippen LogP) is 3.60. The van der Waals surface area contributed by atoms with Crippen molar-refractivity contribution in [3.05, 3.63) is 45.8 Å². The summed E-state index contributed by atoms with van der Waals surface area (Å²) in [6, 6.07) is 5.00. The fourth-order valence-corrected chi connectivity index (χ4v) is 2.29. The highest BCUT2D eigenvalue weighted by Gasteiger charge is 2.20. The van der Waals surface area contributed by atoms with Crippen molar-refractivity contribution in [2.45, 2.75) is 6.92 Å². The van der Waals surface area contributed by atoms with Crippen LogP contribution in [0.25, 0.3) is 0 Å². The Bertz CT molecular complexity index is 616. The summed E-state index contributed by atoms with van der Waals surface area (Å²) in [6.45, 7) is 1.75. The number of carbonyl (C=O) groups is 1. The summed E-state index contributed by atoms with van der Waals surface area (Å²) in [5.41, 5.74) is 0.953. The van der Waals surface area contributed by atoms with E-state index in [0.717, 1.165) is 4.47 Å². The van der Waals surface area contributed by atoms with Gasteiger partial charge in [0, 0.05) is 0 Å². The Labute approximate surface area is 119 Å². The van der Waals surface area contributed by atoms with Crippen LogP contribution in [-0.4, -0.2) is 20.0 Å². The van der Waals surface area contributed by atoms with E-state index in [9.17, 15) is 4.79 Å². The summed E-state index contributed by atoms with van der Waals surface area (Å²) in [5.74, 6) is 1.48. The van der Waals surface area contributed by atoms with Gasteiger partial charge in [0.15, 0.2) is 5.78 Å². The highest BCUT2D eigenvalue weighted by molar-refractivity contribution is 9.10. The maximum absolute atomic E-state index is 12.5. The van der Waals surface area contributed by atoms with Crippen LogP contribution in [0.1, 0.15) is 21.7 Å². The van der Waals surface area contributed by atoms with Crippen molar-refractivity contribution in [1.82, 2.24) is 0 Å². The number of hydrogen-bond acceptors (Lipinski definition) is 4. The molecule has 2 aromatic rings.